The van der Waals surface area contributed by atoms with E-state index in [4.69, 9.17) is 5.11 Å². The lowest BCUT2D eigenvalue weighted by atomic mass is 9.78. The number of para-hydroxylation sites is 1. The molecule has 0 aliphatic heterocycles. The molecule has 0 atom stereocenters. The molecule has 18 heavy (non-hydrogen) atoms. The molecule has 1 aromatic rings. The third kappa shape index (κ3) is 2.32. The number of benzene rings is 1. The molecule has 0 saturated heterocycles. The van der Waals surface area contributed by atoms with Gasteiger partial charge >= 0.3 is 5.97 Å². The first-order valence-electron chi connectivity index (χ1n) is 5.46. The second-order valence-corrected chi connectivity index (χ2v) is 5.02. The summed E-state index contributed by atoms with van der Waals surface area (Å²) in [6.45, 7) is 0. The van der Waals surface area contributed by atoms with Crippen LogP contribution in [0.15, 0.2) is 29.2 Å². The number of rotatable bonds is 5. The van der Waals surface area contributed by atoms with E-state index >= 15 is 0 Å². The van der Waals surface area contributed by atoms with Crippen molar-refractivity contribution in [1.29, 1.82) is 0 Å². The van der Waals surface area contributed by atoms with Crippen LogP contribution in [-0.4, -0.2) is 21.5 Å². The molecule has 0 radical (unpaired) electrons. The van der Waals surface area contributed by atoms with E-state index in [1.165, 1.54) is 6.07 Å². The standard InChI is InChI=1S/C11H12N2O4S/c14-10(15)11(6-3-7-11)12-18-9-5-2-1-4-8(9)13(16)17/h1-2,4-5,12H,3,6-7H2,(H,14,15). The zero-order valence-electron chi connectivity index (χ0n) is 9.46. The van der Waals surface area contributed by atoms with Crippen LogP contribution in [0.2, 0.25) is 0 Å². The molecule has 1 saturated carbocycles. The van der Waals surface area contributed by atoms with Crippen molar-refractivity contribution < 1.29 is 14.8 Å². The molecule has 0 bridgehead atoms. The lowest BCUT2D eigenvalue weighted by molar-refractivity contribution is -0.387. The molecule has 0 heterocycles. The van der Waals surface area contributed by atoms with Crippen molar-refractivity contribution >= 4 is 23.6 Å². The predicted octanol–water partition coefficient (Wildman–Crippen LogP) is 2.20. The van der Waals surface area contributed by atoms with Crippen molar-refractivity contribution in [3.05, 3.63) is 34.4 Å². The molecular weight excluding hydrogens is 256 g/mol. The maximum atomic E-state index is 11.1. The molecule has 1 fully saturated rings. The molecule has 0 aromatic heterocycles. The monoisotopic (exact) mass is 268 g/mol. The van der Waals surface area contributed by atoms with Crippen LogP contribution in [0.1, 0.15) is 19.3 Å². The first-order valence-corrected chi connectivity index (χ1v) is 6.28. The Balaban J connectivity index is 2.11. The second kappa shape index (κ2) is 4.95. The van der Waals surface area contributed by atoms with E-state index in [-0.39, 0.29) is 5.69 Å². The Labute approximate surface area is 108 Å². The number of carboxylic acids is 1. The fourth-order valence-corrected chi connectivity index (χ4v) is 2.73. The topological polar surface area (TPSA) is 92.5 Å². The Morgan fingerprint density at radius 2 is 2.11 bits per heavy atom. The van der Waals surface area contributed by atoms with Gasteiger partial charge in [-0.15, -0.1) is 0 Å². The van der Waals surface area contributed by atoms with Crippen molar-refractivity contribution in [3.8, 4) is 0 Å². The molecule has 6 nitrogen and oxygen atoms in total. The molecule has 2 N–H and O–H groups in total. The summed E-state index contributed by atoms with van der Waals surface area (Å²) >= 11 is 1.01. The third-order valence-corrected chi connectivity index (χ3v) is 4.09. The summed E-state index contributed by atoms with van der Waals surface area (Å²) in [5.41, 5.74) is -0.955. The number of nitro groups is 1. The maximum Gasteiger partial charge on any atom is 0.324 e. The molecule has 1 aliphatic carbocycles. The van der Waals surface area contributed by atoms with Crippen LogP contribution in [0.5, 0.6) is 0 Å². The van der Waals surface area contributed by atoms with Gasteiger partial charge in [-0.2, -0.15) is 0 Å². The van der Waals surface area contributed by atoms with Gasteiger partial charge in [0.05, 0.1) is 4.92 Å². The molecule has 1 aliphatic rings. The van der Waals surface area contributed by atoms with Crippen molar-refractivity contribution in [2.24, 2.45) is 0 Å². The summed E-state index contributed by atoms with van der Waals surface area (Å²) in [7, 11) is 0. The van der Waals surface area contributed by atoms with Gasteiger partial charge < -0.3 is 5.11 Å². The van der Waals surface area contributed by atoms with E-state index in [0.717, 1.165) is 18.4 Å². The first-order chi connectivity index (χ1) is 8.55. The molecule has 7 heteroatoms. The quantitative estimate of drug-likeness (QED) is 0.483. The van der Waals surface area contributed by atoms with E-state index in [2.05, 4.69) is 4.72 Å². The van der Waals surface area contributed by atoms with Gasteiger partial charge in [0.1, 0.15) is 10.4 Å². The molecular formula is C11H12N2O4S. The average Bonchev–Trinajstić information content (AvgIpc) is 2.27. The van der Waals surface area contributed by atoms with Crippen LogP contribution in [0.4, 0.5) is 5.69 Å². The number of nitrogens with zero attached hydrogens (tertiary/aromatic N) is 1. The highest BCUT2D eigenvalue weighted by Gasteiger charge is 2.44. The smallest absolute Gasteiger partial charge is 0.324 e. The fraction of sp³-hybridized carbons (Fsp3) is 0.364. The number of hydrogen-bond donors (Lipinski definition) is 2. The highest BCUT2D eigenvalue weighted by atomic mass is 32.2. The molecule has 0 unspecified atom stereocenters. The highest BCUT2D eigenvalue weighted by molar-refractivity contribution is 7.97. The number of hydrogen-bond acceptors (Lipinski definition) is 5. The molecule has 0 spiro atoms. The van der Waals surface area contributed by atoms with E-state index in [9.17, 15) is 14.9 Å². The SMILES string of the molecule is O=C(O)C1(NSc2ccccc2[N+](=O)[O-])CCC1. The van der Waals surface area contributed by atoms with Crippen molar-refractivity contribution in [3.63, 3.8) is 0 Å². The average molecular weight is 268 g/mol. The Morgan fingerprint density at radius 1 is 1.44 bits per heavy atom. The van der Waals surface area contributed by atoms with Crippen LogP contribution in [0.3, 0.4) is 0 Å². The minimum Gasteiger partial charge on any atom is -0.480 e. The summed E-state index contributed by atoms with van der Waals surface area (Å²) in [6.07, 6.45) is 1.96. The van der Waals surface area contributed by atoms with Gasteiger partial charge in [0.15, 0.2) is 0 Å². The summed E-state index contributed by atoms with van der Waals surface area (Å²) in [5, 5.41) is 19.9. The number of carboxylic acid groups (broad SMARTS) is 1. The van der Waals surface area contributed by atoms with Gasteiger partial charge in [0, 0.05) is 6.07 Å². The van der Waals surface area contributed by atoms with Crippen LogP contribution < -0.4 is 4.72 Å². The van der Waals surface area contributed by atoms with E-state index < -0.39 is 16.4 Å². The first kappa shape index (κ1) is 12.8. The van der Waals surface area contributed by atoms with Crippen LogP contribution in [-0.2, 0) is 4.79 Å². The number of nitro benzene ring substituents is 1. The fourth-order valence-electron chi connectivity index (χ4n) is 1.74. The van der Waals surface area contributed by atoms with Gasteiger partial charge in [-0.25, -0.2) is 4.72 Å². The van der Waals surface area contributed by atoms with Crippen molar-refractivity contribution in [2.75, 3.05) is 0 Å². The van der Waals surface area contributed by atoms with Crippen LogP contribution in [0.25, 0.3) is 0 Å². The third-order valence-electron chi connectivity index (χ3n) is 3.03. The minimum absolute atomic E-state index is 0.0186. The molecule has 1 aromatic carbocycles. The Bertz CT molecular complexity index is 488. The van der Waals surface area contributed by atoms with Crippen LogP contribution >= 0.6 is 11.9 Å². The Kier molecular flexibility index (Phi) is 3.53. The zero-order chi connectivity index (χ0) is 13.2. The molecule has 96 valence electrons. The summed E-state index contributed by atoms with van der Waals surface area (Å²) in [5.74, 6) is -0.903. The highest BCUT2D eigenvalue weighted by Crippen LogP contribution is 2.36. The van der Waals surface area contributed by atoms with Gasteiger partial charge in [0.2, 0.25) is 0 Å². The van der Waals surface area contributed by atoms with E-state index in [1.807, 2.05) is 0 Å². The largest absolute Gasteiger partial charge is 0.480 e. The minimum atomic E-state index is -0.936. The van der Waals surface area contributed by atoms with Crippen molar-refractivity contribution in [2.45, 2.75) is 29.7 Å². The van der Waals surface area contributed by atoms with Gasteiger partial charge in [-0.1, -0.05) is 12.1 Å². The summed E-state index contributed by atoms with van der Waals surface area (Å²) in [6, 6.07) is 6.27. The normalized spacial score (nSPS) is 16.9. The number of carbonyl (C=O) groups is 1. The lowest BCUT2D eigenvalue weighted by Gasteiger charge is -2.37. The Morgan fingerprint density at radius 3 is 2.61 bits per heavy atom. The van der Waals surface area contributed by atoms with Gasteiger partial charge in [-0.05, 0) is 37.3 Å². The number of nitrogens with one attached hydrogen (secondary N) is 1. The van der Waals surface area contributed by atoms with E-state index in [0.29, 0.717) is 17.7 Å². The van der Waals surface area contributed by atoms with Crippen LogP contribution in [0, 0.1) is 10.1 Å². The predicted molar refractivity (Wildman–Crippen MR) is 66.3 cm³/mol. The van der Waals surface area contributed by atoms with Gasteiger partial charge in [0.25, 0.3) is 5.69 Å². The molecule has 2 rings (SSSR count). The summed E-state index contributed by atoms with van der Waals surface area (Å²) < 4.78 is 2.86. The maximum absolute atomic E-state index is 11.1. The Hall–Kier alpha value is -1.60. The van der Waals surface area contributed by atoms with Gasteiger partial charge in [-0.3, -0.25) is 14.9 Å². The molecule has 0 amide bonds. The number of aliphatic carboxylic acids is 1. The lowest BCUT2D eigenvalue weighted by Crippen LogP contribution is -2.54. The zero-order valence-corrected chi connectivity index (χ0v) is 10.3. The summed E-state index contributed by atoms with van der Waals surface area (Å²) in [4.78, 5) is 21.9. The van der Waals surface area contributed by atoms with Crippen molar-refractivity contribution in [1.82, 2.24) is 4.72 Å². The second-order valence-electron chi connectivity index (χ2n) is 4.17. The van der Waals surface area contributed by atoms with E-state index in [1.54, 1.807) is 18.2 Å².